The minimum Gasteiger partial charge on any atom is -0.507 e. The third-order valence-corrected chi connectivity index (χ3v) is 3.66. The molecule has 0 fully saturated rings. The highest BCUT2D eigenvalue weighted by molar-refractivity contribution is 5.84. The molecule has 21 heavy (non-hydrogen) atoms. The summed E-state index contributed by atoms with van der Waals surface area (Å²) in [4.78, 5) is 12.1. The minimum absolute atomic E-state index is 0.0174. The average Bonchev–Trinajstić information content (AvgIpc) is 2.51. The maximum atomic E-state index is 12.1. The number of rotatable bonds is 3. The Kier molecular flexibility index (Phi) is 3.48. The second kappa shape index (κ2) is 5.44. The van der Waals surface area contributed by atoms with Gasteiger partial charge in [0.15, 0.2) is 0 Å². The summed E-state index contributed by atoms with van der Waals surface area (Å²) in [7, 11) is 0. The van der Waals surface area contributed by atoms with Crippen LogP contribution in [-0.4, -0.2) is 5.11 Å². The smallest absolute Gasteiger partial charge is 0.343 e. The van der Waals surface area contributed by atoms with E-state index in [-0.39, 0.29) is 5.75 Å². The summed E-state index contributed by atoms with van der Waals surface area (Å²) in [6.45, 7) is 2.08. The molecule has 0 saturated heterocycles. The Morgan fingerprint density at radius 3 is 2.62 bits per heavy atom. The van der Waals surface area contributed by atoms with Crippen molar-refractivity contribution in [2.75, 3.05) is 0 Å². The van der Waals surface area contributed by atoms with Crippen LogP contribution in [0, 0.1) is 0 Å². The Morgan fingerprint density at radius 2 is 1.81 bits per heavy atom. The number of para-hydroxylation sites is 1. The summed E-state index contributed by atoms with van der Waals surface area (Å²) in [5.74, 6) is 0.0174. The molecule has 3 aromatic rings. The predicted octanol–water partition coefficient (Wildman–Crippen LogP) is 3.65. The average molecular weight is 280 g/mol. The fraction of sp³-hybridized carbons (Fsp3) is 0.167. The van der Waals surface area contributed by atoms with E-state index in [1.165, 1.54) is 5.56 Å². The van der Waals surface area contributed by atoms with Gasteiger partial charge in [0.2, 0.25) is 0 Å². The van der Waals surface area contributed by atoms with Crippen molar-refractivity contribution in [2.24, 2.45) is 0 Å². The highest BCUT2D eigenvalue weighted by Gasteiger charge is 2.14. The molecule has 0 amide bonds. The molecule has 0 saturated carbocycles. The Labute approximate surface area is 122 Å². The lowest BCUT2D eigenvalue weighted by atomic mass is 10.0. The molecule has 0 aliphatic carbocycles. The van der Waals surface area contributed by atoms with E-state index in [0.29, 0.717) is 23.0 Å². The summed E-state index contributed by atoms with van der Waals surface area (Å²) in [6, 6.07) is 15.0. The predicted molar refractivity (Wildman–Crippen MR) is 82.8 cm³/mol. The van der Waals surface area contributed by atoms with E-state index < -0.39 is 5.63 Å². The molecule has 2 aromatic carbocycles. The molecule has 0 spiro atoms. The van der Waals surface area contributed by atoms with Gasteiger partial charge >= 0.3 is 5.63 Å². The largest absolute Gasteiger partial charge is 0.507 e. The quantitative estimate of drug-likeness (QED) is 0.745. The number of aryl methyl sites for hydroxylation is 1. The van der Waals surface area contributed by atoms with E-state index in [2.05, 4.69) is 6.92 Å². The Morgan fingerprint density at radius 1 is 1.05 bits per heavy atom. The van der Waals surface area contributed by atoms with Crippen LogP contribution in [0.5, 0.6) is 5.75 Å². The lowest BCUT2D eigenvalue weighted by Gasteiger charge is -2.07. The molecule has 1 heterocycles. The van der Waals surface area contributed by atoms with Crippen LogP contribution in [0.3, 0.4) is 0 Å². The van der Waals surface area contributed by atoms with Crippen LogP contribution in [-0.2, 0) is 12.8 Å². The van der Waals surface area contributed by atoms with Crippen molar-refractivity contribution in [3.05, 3.63) is 75.6 Å². The van der Waals surface area contributed by atoms with Crippen LogP contribution < -0.4 is 5.63 Å². The van der Waals surface area contributed by atoms with Crippen molar-refractivity contribution < 1.29 is 9.52 Å². The second-order valence-corrected chi connectivity index (χ2v) is 5.06. The number of hydrogen-bond acceptors (Lipinski definition) is 3. The van der Waals surface area contributed by atoms with Crippen molar-refractivity contribution >= 4 is 11.0 Å². The third-order valence-electron chi connectivity index (χ3n) is 3.66. The fourth-order valence-electron chi connectivity index (χ4n) is 2.49. The summed E-state index contributed by atoms with van der Waals surface area (Å²) in [6.07, 6.45) is 1.30. The van der Waals surface area contributed by atoms with E-state index in [0.717, 1.165) is 12.0 Å². The Bertz CT molecular complexity index is 846. The van der Waals surface area contributed by atoms with Gasteiger partial charge in [0, 0.05) is 6.42 Å². The molecule has 3 rings (SSSR count). The summed E-state index contributed by atoms with van der Waals surface area (Å²) < 4.78 is 5.29. The number of fused-ring (bicyclic) bond motifs is 1. The van der Waals surface area contributed by atoms with E-state index in [4.69, 9.17) is 4.42 Å². The molecule has 106 valence electrons. The minimum atomic E-state index is -0.479. The molecule has 0 radical (unpaired) electrons. The molecular weight excluding hydrogens is 264 g/mol. The van der Waals surface area contributed by atoms with Crippen LogP contribution in [0.15, 0.2) is 57.7 Å². The zero-order chi connectivity index (χ0) is 14.8. The maximum Gasteiger partial charge on any atom is 0.343 e. The van der Waals surface area contributed by atoms with Crippen LogP contribution in [0.25, 0.3) is 11.0 Å². The zero-order valence-corrected chi connectivity index (χ0v) is 11.8. The molecule has 0 unspecified atom stereocenters. The van der Waals surface area contributed by atoms with Gasteiger partial charge in [0.25, 0.3) is 0 Å². The number of aromatic hydroxyl groups is 1. The molecule has 1 aromatic heterocycles. The van der Waals surface area contributed by atoms with Crippen LogP contribution >= 0.6 is 0 Å². The van der Waals surface area contributed by atoms with Gasteiger partial charge in [-0.25, -0.2) is 4.79 Å². The van der Waals surface area contributed by atoms with Crippen molar-refractivity contribution in [3.8, 4) is 5.75 Å². The first kappa shape index (κ1) is 13.4. The van der Waals surface area contributed by atoms with Crippen LogP contribution in [0.4, 0.5) is 0 Å². The Hall–Kier alpha value is -2.55. The molecule has 3 nitrogen and oxygen atoms in total. The lowest BCUT2D eigenvalue weighted by Crippen LogP contribution is -2.08. The molecule has 3 heteroatoms. The Balaban J connectivity index is 2.10. The van der Waals surface area contributed by atoms with Gasteiger partial charge in [-0.3, -0.25) is 0 Å². The fourth-order valence-corrected chi connectivity index (χ4v) is 2.49. The van der Waals surface area contributed by atoms with Crippen molar-refractivity contribution in [3.63, 3.8) is 0 Å². The topological polar surface area (TPSA) is 50.4 Å². The normalized spacial score (nSPS) is 10.9. The second-order valence-electron chi connectivity index (χ2n) is 5.06. The number of benzene rings is 2. The SMILES string of the molecule is CCc1cccc(Cc2c(O)c3ccccc3oc2=O)c1. The summed E-state index contributed by atoms with van der Waals surface area (Å²) in [5.41, 5.74) is 2.44. The van der Waals surface area contributed by atoms with Gasteiger partial charge in [-0.05, 0) is 29.7 Å². The maximum absolute atomic E-state index is 12.1. The van der Waals surface area contributed by atoms with Crippen LogP contribution in [0.2, 0.25) is 0 Å². The van der Waals surface area contributed by atoms with Crippen molar-refractivity contribution in [2.45, 2.75) is 19.8 Å². The van der Waals surface area contributed by atoms with E-state index in [1.54, 1.807) is 18.2 Å². The molecule has 0 atom stereocenters. The highest BCUT2D eigenvalue weighted by Crippen LogP contribution is 2.27. The van der Waals surface area contributed by atoms with Gasteiger partial charge in [-0.2, -0.15) is 0 Å². The molecule has 0 bridgehead atoms. The van der Waals surface area contributed by atoms with Gasteiger partial charge in [0.1, 0.15) is 11.3 Å². The zero-order valence-electron chi connectivity index (χ0n) is 11.8. The first-order valence-electron chi connectivity index (χ1n) is 7.00. The third kappa shape index (κ3) is 2.55. The monoisotopic (exact) mass is 280 g/mol. The molecular formula is C18H16O3. The highest BCUT2D eigenvalue weighted by atomic mass is 16.4. The first-order valence-corrected chi connectivity index (χ1v) is 7.00. The van der Waals surface area contributed by atoms with Gasteiger partial charge in [0.05, 0.1) is 10.9 Å². The molecule has 0 aliphatic rings. The van der Waals surface area contributed by atoms with Gasteiger partial charge < -0.3 is 9.52 Å². The van der Waals surface area contributed by atoms with E-state index in [9.17, 15) is 9.90 Å². The van der Waals surface area contributed by atoms with Crippen LogP contribution in [0.1, 0.15) is 23.6 Å². The number of hydrogen-bond donors (Lipinski definition) is 1. The summed E-state index contributed by atoms with van der Waals surface area (Å²) in [5, 5.41) is 10.9. The van der Waals surface area contributed by atoms with E-state index in [1.807, 2.05) is 30.3 Å². The van der Waals surface area contributed by atoms with Crippen molar-refractivity contribution in [1.29, 1.82) is 0 Å². The standard InChI is InChI=1S/C18H16O3/c1-2-12-6-5-7-13(10-12)11-15-17(19)14-8-3-4-9-16(14)21-18(15)20/h3-10,19H,2,11H2,1H3. The van der Waals surface area contributed by atoms with Crippen molar-refractivity contribution in [1.82, 2.24) is 0 Å². The molecule has 0 aliphatic heterocycles. The molecule has 1 N–H and O–H groups in total. The van der Waals surface area contributed by atoms with E-state index >= 15 is 0 Å². The lowest BCUT2D eigenvalue weighted by molar-refractivity contribution is 0.458. The first-order chi connectivity index (χ1) is 10.2. The summed E-state index contributed by atoms with van der Waals surface area (Å²) >= 11 is 0. The van der Waals surface area contributed by atoms with Gasteiger partial charge in [-0.1, -0.05) is 43.3 Å². The van der Waals surface area contributed by atoms with Gasteiger partial charge in [-0.15, -0.1) is 0 Å².